The van der Waals surface area contributed by atoms with Gasteiger partial charge in [-0.05, 0) is 12.1 Å². The molecule has 0 atom stereocenters. The zero-order valence-corrected chi connectivity index (χ0v) is 10.2. The molecule has 0 radical (unpaired) electrons. The third kappa shape index (κ3) is 2.42. The summed E-state index contributed by atoms with van der Waals surface area (Å²) in [5, 5.41) is 8.61. The van der Waals surface area contributed by atoms with Gasteiger partial charge in [0.25, 0.3) is 0 Å². The fraction of sp³-hybridized carbons (Fsp3) is 0.417. The van der Waals surface area contributed by atoms with Crippen molar-refractivity contribution in [2.45, 2.75) is 12.8 Å². The van der Waals surface area contributed by atoms with E-state index < -0.39 is 5.97 Å². The van der Waals surface area contributed by atoms with E-state index in [-0.39, 0.29) is 18.7 Å². The van der Waals surface area contributed by atoms with Crippen molar-refractivity contribution in [3.63, 3.8) is 0 Å². The molecule has 0 bridgehead atoms. The maximum Gasteiger partial charge on any atom is 0.303 e. The van der Waals surface area contributed by atoms with Crippen LogP contribution in [0.1, 0.15) is 12.8 Å². The summed E-state index contributed by atoms with van der Waals surface area (Å²) >= 11 is 0. The van der Waals surface area contributed by atoms with Crippen LogP contribution in [0.2, 0.25) is 0 Å². The van der Waals surface area contributed by atoms with Crippen molar-refractivity contribution in [3.8, 4) is 0 Å². The van der Waals surface area contributed by atoms with E-state index in [2.05, 4.69) is 4.98 Å². The van der Waals surface area contributed by atoms with Gasteiger partial charge >= 0.3 is 5.97 Å². The van der Waals surface area contributed by atoms with E-state index in [1.807, 2.05) is 18.0 Å². The van der Waals surface area contributed by atoms with Crippen molar-refractivity contribution in [1.82, 2.24) is 4.98 Å². The molecule has 2 rings (SSSR count). The fourth-order valence-corrected chi connectivity index (χ4v) is 1.98. The van der Waals surface area contributed by atoms with Gasteiger partial charge in [0.1, 0.15) is 0 Å². The van der Waals surface area contributed by atoms with Crippen LogP contribution in [0.3, 0.4) is 0 Å². The number of nitrogens with zero attached hydrogens (tertiary/aromatic N) is 3. The van der Waals surface area contributed by atoms with E-state index in [4.69, 9.17) is 5.11 Å². The molecule has 0 spiro atoms. The molecule has 96 valence electrons. The summed E-state index contributed by atoms with van der Waals surface area (Å²) in [5.74, 6) is -0.365. The van der Waals surface area contributed by atoms with Crippen molar-refractivity contribution >= 4 is 23.4 Å². The Morgan fingerprint density at radius 2 is 2.17 bits per heavy atom. The molecule has 0 fully saturated rings. The highest BCUT2D eigenvalue weighted by Crippen LogP contribution is 2.29. The number of aromatic nitrogens is 1. The lowest BCUT2D eigenvalue weighted by molar-refractivity contribution is -0.138. The molecular formula is C12H15N3O3. The van der Waals surface area contributed by atoms with Gasteiger partial charge in [-0.3, -0.25) is 9.59 Å². The molecule has 1 amide bonds. The Bertz CT molecular complexity index is 475. The fourth-order valence-electron chi connectivity index (χ4n) is 1.98. The second kappa shape index (κ2) is 5.03. The summed E-state index contributed by atoms with van der Waals surface area (Å²) in [6.45, 7) is 1.26. The van der Waals surface area contributed by atoms with Gasteiger partial charge in [-0.15, -0.1) is 0 Å². The first-order valence-electron chi connectivity index (χ1n) is 5.78. The first-order valence-corrected chi connectivity index (χ1v) is 5.78. The van der Waals surface area contributed by atoms with E-state index in [1.54, 1.807) is 17.2 Å². The van der Waals surface area contributed by atoms with Gasteiger partial charge in [0.05, 0.1) is 12.1 Å². The number of carbonyl (C=O) groups is 2. The summed E-state index contributed by atoms with van der Waals surface area (Å²) < 4.78 is 0. The summed E-state index contributed by atoms with van der Waals surface area (Å²) in [7, 11) is 1.92. The highest BCUT2D eigenvalue weighted by molar-refractivity contribution is 5.98. The second-order valence-corrected chi connectivity index (χ2v) is 4.21. The monoisotopic (exact) mass is 249 g/mol. The number of pyridine rings is 1. The number of rotatable bonds is 3. The number of fused-ring (bicyclic) bond motifs is 1. The van der Waals surface area contributed by atoms with E-state index in [9.17, 15) is 9.59 Å². The molecule has 0 unspecified atom stereocenters. The number of carboxylic acid groups (broad SMARTS) is 1. The van der Waals surface area contributed by atoms with Crippen LogP contribution in [0, 0.1) is 0 Å². The van der Waals surface area contributed by atoms with Crippen molar-refractivity contribution in [3.05, 3.63) is 18.3 Å². The van der Waals surface area contributed by atoms with Gasteiger partial charge in [0.2, 0.25) is 5.91 Å². The van der Waals surface area contributed by atoms with E-state index >= 15 is 0 Å². The maximum atomic E-state index is 12.0. The van der Waals surface area contributed by atoms with Gasteiger partial charge in [-0.2, -0.15) is 0 Å². The molecule has 0 aliphatic carbocycles. The molecule has 18 heavy (non-hydrogen) atoms. The van der Waals surface area contributed by atoms with Gasteiger partial charge < -0.3 is 14.9 Å². The zero-order chi connectivity index (χ0) is 13.1. The summed E-state index contributed by atoms with van der Waals surface area (Å²) in [6, 6.07) is 3.60. The standard InChI is InChI=1S/C12H15N3O3/c1-14-7-8-15(10(16)4-5-11(17)18)9-3-2-6-13-12(9)14/h2-3,6H,4-5,7-8H2,1H3,(H,17,18). The van der Waals surface area contributed by atoms with Gasteiger partial charge in [0.15, 0.2) is 5.82 Å². The van der Waals surface area contributed by atoms with Gasteiger partial charge in [-0.1, -0.05) is 0 Å². The second-order valence-electron chi connectivity index (χ2n) is 4.21. The summed E-state index contributed by atoms with van der Waals surface area (Å²) in [5.41, 5.74) is 0.752. The molecule has 1 aliphatic heterocycles. The minimum atomic E-state index is -0.955. The number of amides is 1. The molecule has 6 heteroatoms. The quantitative estimate of drug-likeness (QED) is 0.854. The number of carbonyl (C=O) groups excluding carboxylic acids is 1. The third-order valence-electron chi connectivity index (χ3n) is 2.93. The minimum absolute atomic E-state index is 0.0212. The normalized spacial score (nSPS) is 14.3. The largest absolute Gasteiger partial charge is 0.481 e. The number of carboxylic acids is 1. The Kier molecular flexibility index (Phi) is 3.45. The first-order chi connectivity index (χ1) is 8.59. The summed E-state index contributed by atoms with van der Waals surface area (Å²) in [4.78, 5) is 30.3. The lowest BCUT2D eigenvalue weighted by atomic mass is 10.2. The van der Waals surface area contributed by atoms with E-state index in [0.717, 1.165) is 11.5 Å². The molecule has 0 saturated carbocycles. The van der Waals surface area contributed by atoms with Crippen molar-refractivity contribution < 1.29 is 14.7 Å². The molecule has 2 heterocycles. The van der Waals surface area contributed by atoms with Crippen LogP contribution in [-0.2, 0) is 9.59 Å². The van der Waals surface area contributed by atoms with Crippen LogP contribution in [0.5, 0.6) is 0 Å². The highest BCUT2D eigenvalue weighted by atomic mass is 16.4. The lowest BCUT2D eigenvalue weighted by Crippen LogP contribution is -2.43. The average molecular weight is 249 g/mol. The van der Waals surface area contributed by atoms with Crippen molar-refractivity contribution in [2.75, 3.05) is 29.9 Å². The Balaban J connectivity index is 2.18. The molecular weight excluding hydrogens is 234 g/mol. The van der Waals surface area contributed by atoms with Crippen molar-refractivity contribution in [1.29, 1.82) is 0 Å². The lowest BCUT2D eigenvalue weighted by Gasteiger charge is -2.34. The molecule has 1 aromatic rings. The van der Waals surface area contributed by atoms with Crippen LogP contribution >= 0.6 is 0 Å². The van der Waals surface area contributed by atoms with Crippen LogP contribution in [0.15, 0.2) is 18.3 Å². The molecule has 1 aromatic heterocycles. The molecule has 1 N–H and O–H groups in total. The molecule has 0 saturated heterocycles. The topological polar surface area (TPSA) is 73.7 Å². The molecule has 6 nitrogen and oxygen atoms in total. The Hall–Kier alpha value is -2.11. The number of likely N-dealkylation sites (N-methyl/N-ethyl adjacent to an activating group) is 1. The van der Waals surface area contributed by atoms with Crippen molar-refractivity contribution in [2.24, 2.45) is 0 Å². The van der Waals surface area contributed by atoms with Gasteiger partial charge in [-0.25, -0.2) is 4.98 Å². The predicted molar refractivity (Wildman–Crippen MR) is 66.7 cm³/mol. The third-order valence-corrected chi connectivity index (χ3v) is 2.93. The molecule has 0 aromatic carbocycles. The van der Waals surface area contributed by atoms with Gasteiger partial charge in [0, 0.05) is 32.8 Å². The van der Waals surface area contributed by atoms with Crippen LogP contribution in [0.25, 0.3) is 0 Å². The SMILES string of the molecule is CN1CCN(C(=O)CCC(=O)O)c2cccnc21. The predicted octanol–water partition coefficient (Wildman–Crippen LogP) is 0.729. The van der Waals surface area contributed by atoms with Crippen LogP contribution in [0.4, 0.5) is 11.5 Å². The summed E-state index contributed by atoms with van der Waals surface area (Å²) in [6.07, 6.45) is 1.56. The van der Waals surface area contributed by atoms with E-state index in [0.29, 0.717) is 13.1 Å². The minimum Gasteiger partial charge on any atom is -0.481 e. The number of anilines is 2. The molecule has 1 aliphatic rings. The first kappa shape index (κ1) is 12.3. The maximum absolute atomic E-state index is 12.0. The van der Waals surface area contributed by atoms with E-state index in [1.165, 1.54) is 0 Å². The highest BCUT2D eigenvalue weighted by Gasteiger charge is 2.25. The number of aliphatic carboxylic acids is 1. The smallest absolute Gasteiger partial charge is 0.303 e. The van der Waals surface area contributed by atoms with Crippen LogP contribution < -0.4 is 9.80 Å². The Morgan fingerprint density at radius 3 is 2.89 bits per heavy atom. The van der Waals surface area contributed by atoms with Crippen LogP contribution in [-0.4, -0.2) is 42.1 Å². The number of hydrogen-bond acceptors (Lipinski definition) is 4. The number of hydrogen-bond donors (Lipinski definition) is 1. The Morgan fingerprint density at radius 1 is 1.39 bits per heavy atom. The Labute approximate surface area is 105 Å². The zero-order valence-electron chi connectivity index (χ0n) is 10.2. The average Bonchev–Trinajstić information content (AvgIpc) is 2.37.